The van der Waals surface area contributed by atoms with E-state index in [9.17, 15) is 14.7 Å². The average molecular weight is 480 g/mol. The van der Waals surface area contributed by atoms with Crippen molar-refractivity contribution in [2.45, 2.75) is 19.1 Å². The van der Waals surface area contributed by atoms with Crippen molar-refractivity contribution in [3.63, 3.8) is 0 Å². The van der Waals surface area contributed by atoms with Gasteiger partial charge in [0.2, 0.25) is 0 Å². The standard InChI is InChI=1S/C22H17Cl3N2O4/c23-17-7-2-8-18(24)16(17)12-31-14-5-1-4-13(10-14)11-19(22(29)30)27-21(28)15-6-3-9-26-20(15)25/h1-10,19H,11-12H2,(H,27,28)(H,29,30). The first-order valence-electron chi connectivity index (χ1n) is 9.14. The van der Waals surface area contributed by atoms with Crippen molar-refractivity contribution in [1.82, 2.24) is 10.3 Å². The third kappa shape index (κ3) is 6.10. The van der Waals surface area contributed by atoms with Crippen LogP contribution in [-0.2, 0) is 17.8 Å². The highest BCUT2D eigenvalue weighted by atomic mass is 35.5. The maximum absolute atomic E-state index is 12.4. The number of halogens is 3. The summed E-state index contributed by atoms with van der Waals surface area (Å²) in [4.78, 5) is 27.9. The lowest BCUT2D eigenvalue weighted by Gasteiger charge is -2.16. The van der Waals surface area contributed by atoms with Crippen LogP contribution in [0.1, 0.15) is 21.5 Å². The lowest BCUT2D eigenvalue weighted by Crippen LogP contribution is -2.42. The zero-order valence-electron chi connectivity index (χ0n) is 16.0. The van der Waals surface area contributed by atoms with Crippen LogP contribution in [0.4, 0.5) is 0 Å². The highest BCUT2D eigenvalue weighted by Crippen LogP contribution is 2.26. The minimum atomic E-state index is -1.18. The lowest BCUT2D eigenvalue weighted by molar-refractivity contribution is -0.139. The molecular weight excluding hydrogens is 463 g/mol. The number of rotatable bonds is 8. The quantitative estimate of drug-likeness (QED) is 0.442. The van der Waals surface area contributed by atoms with Gasteiger partial charge in [-0.25, -0.2) is 9.78 Å². The van der Waals surface area contributed by atoms with Crippen LogP contribution in [-0.4, -0.2) is 28.0 Å². The number of aliphatic carboxylic acids is 1. The van der Waals surface area contributed by atoms with Gasteiger partial charge in [0.1, 0.15) is 23.6 Å². The molecule has 0 aliphatic rings. The molecule has 9 heteroatoms. The predicted molar refractivity (Wildman–Crippen MR) is 119 cm³/mol. The molecule has 31 heavy (non-hydrogen) atoms. The SMILES string of the molecule is O=C(NC(Cc1cccc(OCc2c(Cl)cccc2Cl)c1)C(=O)O)c1cccnc1Cl. The summed E-state index contributed by atoms with van der Waals surface area (Å²) >= 11 is 18.2. The summed E-state index contributed by atoms with van der Waals surface area (Å²) in [5.74, 6) is -1.28. The van der Waals surface area contributed by atoms with Crippen LogP contribution in [0, 0.1) is 0 Å². The summed E-state index contributed by atoms with van der Waals surface area (Å²) < 4.78 is 5.77. The van der Waals surface area contributed by atoms with Gasteiger partial charge in [-0.1, -0.05) is 53.0 Å². The second-order valence-corrected chi connectivity index (χ2v) is 7.72. The molecule has 0 aliphatic carbocycles. The Kier molecular flexibility index (Phi) is 7.74. The fourth-order valence-corrected chi connectivity index (χ4v) is 3.53. The molecule has 0 bridgehead atoms. The Bertz CT molecular complexity index is 1090. The molecule has 3 aromatic rings. The van der Waals surface area contributed by atoms with E-state index in [2.05, 4.69) is 10.3 Å². The van der Waals surface area contributed by atoms with Crippen molar-refractivity contribution >= 4 is 46.7 Å². The molecule has 1 atom stereocenters. The topological polar surface area (TPSA) is 88.5 Å². The number of carboxylic acid groups (broad SMARTS) is 1. The van der Waals surface area contributed by atoms with Crippen LogP contribution in [0.25, 0.3) is 0 Å². The van der Waals surface area contributed by atoms with E-state index in [1.165, 1.54) is 12.3 Å². The number of benzene rings is 2. The van der Waals surface area contributed by atoms with Crippen LogP contribution in [0.5, 0.6) is 5.75 Å². The summed E-state index contributed by atoms with van der Waals surface area (Å²) in [6.45, 7) is 0.153. The summed E-state index contributed by atoms with van der Waals surface area (Å²) in [5.41, 5.74) is 1.41. The zero-order valence-corrected chi connectivity index (χ0v) is 18.3. The van der Waals surface area contributed by atoms with Crippen LogP contribution < -0.4 is 10.1 Å². The van der Waals surface area contributed by atoms with E-state index in [0.29, 0.717) is 26.9 Å². The Balaban J connectivity index is 1.69. The molecule has 6 nitrogen and oxygen atoms in total. The van der Waals surface area contributed by atoms with E-state index in [1.807, 2.05) is 0 Å². The number of pyridine rings is 1. The van der Waals surface area contributed by atoms with Crippen LogP contribution in [0.2, 0.25) is 15.2 Å². The van der Waals surface area contributed by atoms with Crippen LogP contribution >= 0.6 is 34.8 Å². The Morgan fingerprint density at radius 2 is 1.74 bits per heavy atom. The summed E-state index contributed by atoms with van der Waals surface area (Å²) in [6, 6.07) is 13.9. The molecule has 0 saturated carbocycles. The van der Waals surface area contributed by atoms with Gasteiger partial charge in [-0.15, -0.1) is 0 Å². The van der Waals surface area contributed by atoms with E-state index in [-0.39, 0.29) is 23.7 Å². The highest BCUT2D eigenvalue weighted by molar-refractivity contribution is 6.36. The molecule has 160 valence electrons. The normalized spacial score (nSPS) is 11.6. The third-order valence-electron chi connectivity index (χ3n) is 4.39. The zero-order chi connectivity index (χ0) is 22.4. The molecular formula is C22H17Cl3N2O4. The smallest absolute Gasteiger partial charge is 0.326 e. The molecule has 1 aromatic heterocycles. The predicted octanol–water partition coefficient (Wildman–Crippen LogP) is 5.05. The lowest BCUT2D eigenvalue weighted by atomic mass is 10.1. The fraction of sp³-hybridized carbons (Fsp3) is 0.136. The Labute approximate surface area is 193 Å². The number of nitrogens with zero attached hydrogens (tertiary/aromatic N) is 1. The van der Waals surface area contributed by atoms with Crippen molar-refractivity contribution in [3.05, 3.63) is 92.7 Å². The first-order valence-corrected chi connectivity index (χ1v) is 10.3. The molecule has 1 amide bonds. The number of carboxylic acids is 1. The summed E-state index contributed by atoms with van der Waals surface area (Å²) in [7, 11) is 0. The Hall–Kier alpha value is -2.80. The maximum atomic E-state index is 12.4. The van der Waals surface area contributed by atoms with Gasteiger partial charge in [0, 0.05) is 28.2 Å². The number of hydrogen-bond donors (Lipinski definition) is 2. The number of nitrogens with one attached hydrogen (secondary N) is 1. The van der Waals surface area contributed by atoms with Gasteiger partial charge in [0.05, 0.1) is 5.56 Å². The molecule has 3 rings (SSSR count). The minimum Gasteiger partial charge on any atom is -0.489 e. The number of amides is 1. The monoisotopic (exact) mass is 478 g/mol. The van der Waals surface area contributed by atoms with Gasteiger partial charge in [0.25, 0.3) is 5.91 Å². The first-order chi connectivity index (χ1) is 14.8. The summed E-state index contributed by atoms with van der Waals surface area (Å²) in [5, 5.41) is 13.0. The average Bonchev–Trinajstić information content (AvgIpc) is 2.73. The summed E-state index contributed by atoms with van der Waals surface area (Å²) in [6.07, 6.45) is 1.48. The molecule has 0 aliphatic heterocycles. The van der Waals surface area contributed by atoms with Gasteiger partial charge in [-0.05, 0) is 42.0 Å². The second-order valence-electron chi connectivity index (χ2n) is 6.55. The van der Waals surface area contributed by atoms with E-state index in [1.54, 1.807) is 48.5 Å². The first kappa shape index (κ1) is 22.9. The van der Waals surface area contributed by atoms with E-state index in [0.717, 1.165) is 0 Å². The minimum absolute atomic E-state index is 0.00207. The van der Waals surface area contributed by atoms with Gasteiger partial charge >= 0.3 is 5.97 Å². The molecule has 2 N–H and O–H groups in total. The number of ether oxygens (including phenoxy) is 1. The fourth-order valence-electron chi connectivity index (χ4n) is 2.82. The maximum Gasteiger partial charge on any atom is 0.326 e. The molecule has 1 heterocycles. The van der Waals surface area contributed by atoms with Crippen molar-refractivity contribution in [1.29, 1.82) is 0 Å². The molecule has 0 spiro atoms. The molecule has 0 radical (unpaired) electrons. The Morgan fingerprint density at radius 3 is 2.42 bits per heavy atom. The van der Waals surface area contributed by atoms with E-state index < -0.39 is 17.9 Å². The van der Waals surface area contributed by atoms with Crippen LogP contribution in [0.15, 0.2) is 60.8 Å². The van der Waals surface area contributed by atoms with E-state index >= 15 is 0 Å². The van der Waals surface area contributed by atoms with E-state index in [4.69, 9.17) is 39.5 Å². The van der Waals surface area contributed by atoms with Crippen molar-refractivity contribution in [2.75, 3.05) is 0 Å². The number of carbonyl (C=O) groups excluding carboxylic acids is 1. The number of carbonyl (C=O) groups is 2. The molecule has 2 aromatic carbocycles. The van der Waals surface area contributed by atoms with Crippen molar-refractivity contribution in [3.8, 4) is 5.75 Å². The largest absolute Gasteiger partial charge is 0.489 e. The van der Waals surface area contributed by atoms with Crippen molar-refractivity contribution in [2.24, 2.45) is 0 Å². The van der Waals surface area contributed by atoms with Crippen LogP contribution in [0.3, 0.4) is 0 Å². The molecule has 0 fully saturated rings. The van der Waals surface area contributed by atoms with Gasteiger partial charge in [-0.2, -0.15) is 0 Å². The number of aromatic nitrogens is 1. The highest BCUT2D eigenvalue weighted by Gasteiger charge is 2.22. The molecule has 1 unspecified atom stereocenters. The van der Waals surface area contributed by atoms with Gasteiger partial charge in [-0.3, -0.25) is 4.79 Å². The second kappa shape index (κ2) is 10.5. The van der Waals surface area contributed by atoms with Crippen molar-refractivity contribution < 1.29 is 19.4 Å². The Morgan fingerprint density at radius 1 is 1.03 bits per heavy atom. The van der Waals surface area contributed by atoms with Gasteiger partial charge < -0.3 is 15.2 Å². The third-order valence-corrected chi connectivity index (χ3v) is 5.40. The number of hydrogen-bond acceptors (Lipinski definition) is 4. The van der Waals surface area contributed by atoms with Gasteiger partial charge in [0.15, 0.2) is 0 Å². The molecule has 0 saturated heterocycles.